The van der Waals surface area contributed by atoms with Gasteiger partial charge in [-0.2, -0.15) is 8.42 Å². The Bertz CT molecular complexity index is 523. The van der Waals surface area contributed by atoms with Crippen LogP contribution in [0.4, 0.5) is 0 Å². The number of carbonyl (C=O) groups is 1. The minimum Gasteiger partial charge on any atom is -0.282 e. The Kier molecular flexibility index (Phi) is 3.63. The summed E-state index contributed by atoms with van der Waals surface area (Å²) in [6.45, 7) is 0. The second kappa shape index (κ2) is 4.27. The van der Waals surface area contributed by atoms with E-state index in [0.29, 0.717) is 0 Å². The molecule has 0 aliphatic rings. The summed E-state index contributed by atoms with van der Waals surface area (Å²) in [5.41, 5.74) is -0.461. The molecule has 0 saturated heterocycles. The van der Waals surface area contributed by atoms with Gasteiger partial charge in [0.2, 0.25) is 0 Å². The maximum Gasteiger partial charge on any atom is 0.296 e. The minimum absolute atomic E-state index is 0.0383. The molecular formula is C7H3Cl3O4S. The number of benzene rings is 1. The van der Waals surface area contributed by atoms with Gasteiger partial charge in [-0.3, -0.25) is 9.35 Å². The first-order valence-electron chi connectivity index (χ1n) is 3.40. The summed E-state index contributed by atoms with van der Waals surface area (Å²) in [6, 6.07) is 2.08. The number of halogens is 3. The number of hydrogen-bond acceptors (Lipinski definition) is 3. The predicted molar refractivity (Wildman–Crippen MR) is 56.5 cm³/mol. The van der Waals surface area contributed by atoms with Crippen LogP contribution < -0.4 is 0 Å². The van der Waals surface area contributed by atoms with Crippen molar-refractivity contribution in [3.63, 3.8) is 0 Å². The van der Waals surface area contributed by atoms with Crippen LogP contribution in [-0.2, 0) is 10.1 Å². The molecule has 1 aromatic carbocycles. The molecule has 82 valence electrons. The predicted octanol–water partition coefficient (Wildman–Crippen LogP) is 2.62. The number of carbonyl (C=O) groups excluding carboxylic acids is 1. The van der Waals surface area contributed by atoms with Crippen LogP contribution in [0.25, 0.3) is 0 Å². The molecule has 1 aromatic rings. The lowest BCUT2D eigenvalue weighted by Gasteiger charge is -2.05. The highest BCUT2D eigenvalue weighted by Crippen LogP contribution is 2.30. The third-order valence-electron chi connectivity index (χ3n) is 1.48. The molecule has 0 fully saturated rings. The van der Waals surface area contributed by atoms with Crippen molar-refractivity contribution in [1.29, 1.82) is 0 Å². The van der Waals surface area contributed by atoms with Crippen LogP contribution in [0.3, 0.4) is 0 Å². The van der Waals surface area contributed by atoms with Gasteiger partial charge >= 0.3 is 0 Å². The van der Waals surface area contributed by atoms with E-state index in [9.17, 15) is 13.2 Å². The highest BCUT2D eigenvalue weighted by Gasteiger charge is 2.23. The summed E-state index contributed by atoms with van der Waals surface area (Å²) >= 11 is 16.2. The Balaban J connectivity index is 3.70. The largest absolute Gasteiger partial charge is 0.296 e. The second-order valence-corrected chi connectivity index (χ2v) is 5.06. The van der Waals surface area contributed by atoms with Crippen molar-refractivity contribution in [2.45, 2.75) is 4.90 Å². The molecule has 0 unspecified atom stereocenters. The molecule has 0 aliphatic heterocycles. The molecule has 0 heterocycles. The maximum absolute atomic E-state index is 10.9. The fraction of sp³-hybridized carbons (Fsp3) is 0. The summed E-state index contributed by atoms with van der Waals surface area (Å²) < 4.78 is 30.6. The monoisotopic (exact) mass is 288 g/mol. The molecule has 15 heavy (non-hydrogen) atoms. The molecule has 0 bridgehead atoms. The topological polar surface area (TPSA) is 71.4 Å². The minimum atomic E-state index is -4.62. The van der Waals surface area contributed by atoms with Crippen LogP contribution in [0.5, 0.6) is 0 Å². The molecule has 8 heteroatoms. The molecule has 0 radical (unpaired) electrons. The van der Waals surface area contributed by atoms with Crippen molar-refractivity contribution in [2.75, 3.05) is 0 Å². The van der Waals surface area contributed by atoms with E-state index in [1.54, 1.807) is 0 Å². The summed E-state index contributed by atoms with van der Waals surface area (Å²) in [5, 5.41) is -1.41. The quantitative estimate of drug-likeness (QED) is 0.671. The van der Waals surface area contributed by atoms with E-state index < -0.39 is 25.8 Å². The molecule has 1 rings (SSSR count). The van der Waals surface area contributed by atoms with Crippen LogP contribution in [0.15, 0.2) is 17.0 Å². The van der Waals surface area contributed by atoms with Gasteiger partial charge in [-0.05, 0) is 23.7 Å². The SMILES string of the molecule is O=C(Cl)c1cc(Cl)cc(Cl)c1S(=O)(=O)O. The van der Waals surface area contributed by atoms with E-state index in [2.05, 4.69) is 0 Å². The van der Waals surface area contributed by atoms with Gasteiger partial charge in [-0.25, -0.2) is 0 Å². The molecule has 4 nitrogen and oxygen atoms in total. The first-order valence-corrected chi connectivity index (χ1v) is 5.97. The lowest BCUT2D eigenvalue weighted by molar-refractivity contribution is 0.107. The van der Waals surface area contributed by atoms with Crippen molar-refractivity contribution in [3.05, 3.63) is 27.7 Å². The molecule has 0 spiro atoms. The van der Waals surface area contributed by atoms with Crippen LogP contribution in [0.1, 0.15) is 10.4 Å². The zero-order valence-electron chi connectivity index (χ0n) is 6.87. The van der Waals surface area contributed by atoms with E-state index >= 15 is 0 Å². The van der Waals surface area contributed by atoms with Crippen LogP contribution in [-0.4, -0.2) is 18.2 Å². The Labute approximate surface area is 100 Å². The lowest BCUT2D eigenvalue weighted by Crippen LogP contribution is -2.06. The van der Waals surface area contributed by atoms with Gasteiger partial charge in [0.05, 0.1) is 10.6 Å². The fourth-order valence-electron chi connectivity index (χ4n) is 0.969. The third kappa shape index (κ3) is 2.83. The molecule has 1 N–H and O–H groups in total. The third-order valence-corrected chi connectivity index (χ3v) is 3.27. The average Bonchev–Trinajstić information content (AvgIpc) is 1.99. The highest BCUT2D eigenvalue weighted by atomic mass is 35.5. The van der Waals surface area contributed by atoms with Crippen molar-refractivity contribution in [1.82, 2.24) is 0 Å². The highest BCUT2D eigenvalue weighted by molar-refractivity contribution is 7.86. The average molecular weight is 290 g/mol. The van der Waals surface area contributed by atoms with Gasteiger partial charge in [0.15, 0.2) is 0 Å². The summed E-state index contributed by atoms with van der Waals surface area (Å²) in [5.74, 6) is 0. The van der Waals surface area contributed by atoms with Gasteiger partial charge in [0, 0.05) is 5.02 Å². The Morgan fingerprint density at radius 3 is 2.20 bits per heavy atom. The smallest absolute Gasteiger partial charge is 0.282 e. The Morgan fingerprint density at radius 1 is 1.27 bits per heavy atom. The van der Waals surface area contributed by atoms with Gasteiger partial charge < -0.3 is 0 Å². The van der Waals surface area contributed by atoms with Gasteiger partial charge in [0.25, 0.3) is 15.4 Å². The normalized spacial score (nSPS) is 11.5. The van der Waals surface area contributed by atoms with E-state index in [0.717, 1.165) is 12.1 Å². The molecule has 0 amide bonds. The van der Waals surface area contributed by atoms with Crippen LogP contribution in [0.2, 0.25) is 10.0 Å². The van der Waals surface area contributed by atoms with E-state index in [-0.39, 0.29) is 10.0 Å². The van der Waals surface area contributed by atoms with Crippen molar-refractivity contribution in [3.8, 4) is 0 Å². The first kappa shape index (κ1) is 12.7. The zero-order valence-corrected chi connectivity index (χ0v) is 9.95. The molecule has 0 aromatic heterocycles. The van der Waals surface area contributed by atoms with Gasteiger partial charge in [-0.15, -0.1) is 0 Å². The Morgan fingerprint density at radius 2 is 1.80 bits per heavy atom. The molecular weight excluding hydrogens is 286 g/mol. The second-order valence-electron chi connectivity index (χ2n) is 2.51. The lowest BCUT2D eigenvalue weighted by atomic mass is 10.2. The molecule has 0 atom stereocenters. The summed E-state index contributed by atoms with van der Waals surface area (Å²) in [7, 11) is -4.62. The number of hydrogen-bond donors (Lipinski definition) is 1. The van der Waals surface area contributed by atoms with Gasteiger partial charge in [-0.1, -0.05) is 23.2 Å². The van der Waals surface area contributed by atoms with E-state index in [1.807, 2.05) is 0 Å². The van der Waals surface area contributed by atoms with Crippen molar-refractivity contribution < 1.29 is 17.8 Å². The first-order chi connectivity index (χ1) is 6.73. The maximum atomic E-state index is 10.9. The van der Waals surface area contributed by atoms with E-state index in [1.165, 1.54) is 0 Å². The van der Waals surface area contributed by atoms with Crippen molar-refractivity contribution >= 4 is 50.2 Å². The zero-order chi connectivity index (χ0) is 11.8. The van der Waals surface area contributed by atoms with Crippen molar-refractivity contribution in [2.24, 2.45) is 0 Å². The fourth-order valence-corrected chi connectivity index (χ4v) is 2.69. The molecule has 0 aliphatic carbocycles. The summed E-state index contributed by atoms with van der Waals surface area (Å²) in [4.78, 5) is 10.1. The Hall–Kier alpha value is -0.330. The van der Waals surface area contributed by atoms with Crippen LogP contribution in [0, 0.1) is 0 Å². The van der Waals surface area contributed by atoms with E-state index in [4.69, 9.17) is 39.4 Å². The van der Waals surface area contributed by atoms with Crippen LogP contribution >= 0.6 is 34.8 Å². The number of rotatable bonds is 2. The molecule has 0 saturated carbocycles. The standard InChI is InChI=1S/C7H3Cl3O4S/c8-3-1-4(7(10)11)6(5(9)2-3)15(12,13)14/h1-2H,(H,12,13,14). The summed E-state index contributed by atoms with van der Waals surface area (Å²) in [6.07, 6.45) is 0. The van der Waals surface area contributed by atoms with Gasteiger partial charge in [0.1, 0.15) is 4.90 Å².